The largest absolute Gasteiger partial charge is 0.478 e. The number of hydrogen-bond acceptors (Lipinski definition) is 3. The maximum Gasteiger partial charge on any atom is 0.337 e. The Hall–Kier alpha value is -2.15. The van der Waals surface area contributed by atoms with Gasteiger partial charge < -0.3 is 10.4 Å². The summed E-state index contributed by atoms with van der Waals surface area (Å²) < 4.78 is 0.626. The summed E-state index contributed by atoms with van der Waals surface area (Å²) in [5.74, 6) is -1.53. The van der Waals surface area contributed by atoms with Gasteiger partial charge in [-0.25, -0.2) is 4.79 Å². The van der Waals surface area contributed by atoms with E-state index in [1.807, 2.05) is 0 Å². The summed E-state index contributed by atoms with van der Waals surface area (Å²) in [6.07, 6.45) is 2.78. The van der Waals surface area contributed by atoms with Crippen LogP contribution in [0.25, 0.3) is 0 Å². The maximum absolute atomic E-state index is 11.8. The number of rotatable bonds is 3. The van der Waals surface area contributed by atoms with Crippen LogP contribution in [0, 0.1) is 0 Å². The number of nitrogens with zero attached hydrogens (tertiary/aromatic N) is 1. The Labute approximate surface area is 110 Å². The third kappa shape index (κ3) is 2.57. The molecule has 0 aliphatic rings. The van der Waals surface area contributed by atoms with Crippen LogP contribution >= 0.6 is 15.9 Å². The first kappa shape index (κ1) is 12.3. The molecule has 6 nitrogen and oxygen atoms in total. The van der Waals surface area contributed by atoms with E-state index >= 15 is 0 Å². The SMILES string of the molecule is O=C(Nc1ccc(Br)cc1C(=O)O)c1cn[nH]c1. The average molecular weight is 310 g/mol. The van der Waals surface area contributed by atoms with Crippen molar-refractivity contribution in [1.29, 1.82) is 0 Å². The molecule has 3 N–H and O–H groups in total. The molecule has 1 amide bonds. The minimum absolute atomic E-state index is 0.0150. The van der Waals surface area contributed by atoms with Crippen molar-refractivity contribution in [3.8, 4) is 0 Å². The number of carbonyl (C=O) groups excluding carboxylic acids is 1. The lowest BCUT2D eigenvalue weighted by Gasteiger charge is -2.07. The number of amides is 1. The summed E-state index contributed by atoms with van der Waals surface area (Å²) in [5.41, 5.74) is 0.576. The van der Waals surface area contributed by atoms with Gasteiger partial charge in [0, 0.05) is 10.7 Å². The molecular weight excluding hydrogens is 302 g/mol. The molecule has 0 unspecified atom stereocenters. The summed E-state index contributed by atoms with van der Waals surface area (Å²) in [6.45, 7) is 0. The second kappa shape index (κ2) is 5.01. The lowest BCUT2D eigenvalue weighted by molar-refractivity contribution is 0.0698. The molecule has 1 aromatic carbocycles. The molecule has 0 aliphatic carbocycles. The fourth-order valence-corrected chi connectivity index (χ4v) is 1.73. The van der Waals surface area contributed by atoms with Crippen molar-refractivity contribution in [2.45, 2.75) is 0 Å². The molecule has 0 atom stereocenters. The van der Waals surface area contributed by atoms with Gasteiger partial charge in [-0.05, 0) is 18.2 Å². The van der Waals surface area contributed by atoms with E-state index in [-0.39, 0.29) is 11.3 Å². The fraction of sp³-hybridized carbons (Fsp3) is 0. The Bertz CT molecular complexity index is 596. The van der Waals surface area contributed by atoms with Crippen molar-refractivity contribution >= 4 is 33.5 Å². The molecule has 1 heterocycles. The van der Waals surface area contributed by atoms with Crippen molar-refractivity contribution in [2.75, 3.05) is 5.32 Å². The van der Waals surface area contributed by atoms with Gasteiger partial charge in [-0.15, -0.1) is 0 Å². The van der Waals surface area contributed by atoms with Crippen LogP contribution in [0.2, 0.25) is 0 Å². The molecule has 0 fully saturated rings. The number of carboxylic acid groups (broad SMARTS) is 1. The second-order valence-corrected chi connectivity index (χ2v) is 4.35. The molecule has 0 aliphatic heterocycles. The van der Waals surface area contributed by atoms with Gasteiger partial charge in [0.1, 0.15) is 0 Å². The van der Waals surface area contributed by atoms with Gasteiger partial charge in [-0.2, -0.15) is 5.10 Å². The first-order chi connectivity index (χ1) is 8.58. The smallest absolute Gasteiger partial charge is 0.337 e. The van der Waals surface area contributed by atoms with E-state index < -0.39 is 11.9 Å². The van der Waals surface area contributed by atoms with Crippen LogP contribution < -0.4 is 5.32 Å². The Balaban J connectivity index is 2.29. The molecule has 1 aromatic heterocycles. The summed E-state index contributed by atoms with van der Waals surface area (Å²) in [5, 5.41) is 17.7. The fourth-order valence-electron chi connectivity index (χ4n) is 1.37. The van der Waals surface area contributed by atoms with E-state index in [1.165, 1.54) is 24.5 Å². The number of halogens is 1. The minimum Gasteiger partial charge on any atom is -0.478 e. The van der Waals surface area contributed by atoms with E-state index in [1.54, 1.807) is 6.07 Å². The minimum atomic E-state index is -1.11. The van der Waals surface area contributed by atoms with Crippen LogP contribution in [0.5, 0.6) is 0 Å². The highest BCUT2D eigenvalue weighted by molar-refractivity contribution is 9.10. The summed E-state index contributed by atoms with van der Waals surface area (Å²) in [6, 6.07) is 4.59. The molecule has 0 saturated carbocycles. The predicted octanol–water partition coefficient (Wildman–Crippen LogP) is 2.12. The number of carbonyl (C=O) groups is 2. The van der Waals surface area contributed by atoms with E-state index in [9.17, 15) is 9.59 Å². The number of aromatic amines is 1. The number of H-pyrrole nitrogens is 1. The molecule has 92 valence electrons. The zero-order valence-corrected chi connectivity index (χ0v) is 10.6. The molecule has 0 radical (unpaired) electrons. The van der Waals surface area contributed by atoms with E-state index in [0.717, 1.165) is 0 Å². The monoisotopic (exact) mass is 309 g/mol. The van der Waals surface area contributed by atoms with E-state index in [2.05, 4.69) is 31.4 Å². The molecule has 7 heteroatoms. The Kier molecular flexibility index (Phi) is 3.42. The van der Waals surface area contributed by atoms with Crippen LogP contribution in [-0.2, 0) is 0 Å². The van der Waals surface area contributed by atoms with Gasteiger partial charge in [-0.3, -0.25) is 9.89 Å². The second-order valence-electron chi connectivity index (χ2n) is 3.44. The number of anilines is 1. The quantitative estimate of drug-likeness (QED) is 0.809. The van der Waals surface area contributed by atoms with Gasteiger partial charge in [0.15, 0.2) is 0 Å². The van der Waals surface area contributed by atoms with Crippen LogP contribution in [0.15, 0.2) is 35.1 Å². The Morgan fingerprint density at radius 1 is 1.39 bits per heavy atom. The van der Waals surface area contributed by atoms with Crippen molar-refractivity contribution in [3.05, 3.63) is 46.2 Å². The molecular formula is C11H8BrN3O3. The third-order valence-electron chi connectivity index (χ3n) is 2.22. The van der Waals surface area contributed by atoms with E-state index in [4.69, 9.17) is 5.11 Å². The number of nitrogens with one attached hydrogen (secondary N) is 2. The normalized spacial score (nSPS) is 10.1. The molecule has 2 aromatic rings. The summed E-state index contributed by atoms with van der Waals surface area (Å²) in [7, 11) is 0. The molecule has 0 spiro atoms. The van der Waals surface area contributed by atoms with Crippen LogP contribution in [0.4, 0.5) is 5.69 Å². The first-order valence-corrected chi connectivity index (χ1v) is 5.70. The molecule has 0 bridgehead atoms. The van der Waals surface area contributed by atoms with Gasteiger partial charge >= 0.3 is 5.97 Å². The van der Waals surface area contributed by atoms with Crippen molar-refractivity contribution in [2.24, 2.45) is 0 Å². The Morgan fingerprint density at radius 3 is 2.78 bits per heavy atom. The van der Waals surface area contributed by atoms with Gasteiger partial charge in [0.2, 0.25) is 0 Å². The van der Waals surface area contributed by atoms with Crippen molar-refractivity contribution in [3.63, 3.8) is 0 Å². The van der Waals surface area contributed by atoms with Crippen LogP contribution in [0.3, 0.4) is 0 Å². The van der Waals surface area contributed by atoms with E-state index in [0.29, 0.717) is 10.0 Å². The van der Waals surface area contributed by atoms with Gasteiger partial charge in [-0.1, -0.05) is 15.9 Å². The highest BCUT2D eigenvalue weighted by Gasteiger charge is 2.14. The lowest BCUT2D eigenvalue weighted by Crippen LogP contribution is -2.14. The summed E-state index contributed by atoms with van der Waals surface area (Å²) in [4.78, 5) is 22.8. The highest BCUT2D eigenvalue weighted by atomic mass is 79.9. The molecule has 2 rings (SSSR count). The predicted molar refractivity (Wildman–Crippen MR) is 67.6 cm³/mol. The molecule has 18 heavy (non-hydrogen) atoms. The summed E-state index contributed by atoms with van der Waals surface area (Å²) >= 11 is 3.18. The lowest BCUT2D eigenvalue weighted by atomic mass is 10.1. The zero-order valence-electron chi connectivity index (χ0n) is 8.98. The number of hydrogen-bond donors (Lipinski definition) is 3. The van der Waals surface area contributed by atoms with Gasteiger partial charge in [0.05, 0.1) is 23.0 Å². The topological polar surface area (TPSA) is 95.1 Å². The number of aromatic carboxylic acids is 1. The standard InChI is InChI=1S/C11H8BrN3O3/c12-7-1-2-9(8(3-7)11(17)18)15-10(16)6-4-13-14-5-6/h1-5H,(H,13,14)(H,15,16)(H,17,18). The Morgan fingerprint density at radius 2 is 2.17 bits per heavy atom. The van der Waals surface area contributed by atoms with Crippen LogP contribution in [-0.4, -0.2) is 27.2 Å². The molecule has 0 saturated heterocycles. The van der Waals surface area contributed by atoms with Gasteiger partial charge in [0.25, 0.3) is 5.91 Å². The van der Waals surface area contributed by atoms with Crippen LogP contribution in [0.1, 0.15) is 20.7 Å². The first-order valence-electron chi connectivity index (χ1n) is 4.91. The van der Waals surface area contributed by atoms with Crippen molar-refractivity contribution in [1.82, 2.24) is 10.2 Å². The maximum atomic E-state index is 11.8. The highest BCUT2D eigenvalue weighted by Crippen LogP contribution is 2.21. The number of carboxylic acids is 1. The third-order valence-corrected chi connectivity index (χ3v) is 2.71. The number of benzene rings is 1. The number of aromatic nitrogens is 2. The zero-order chi connectivity index (χ0) is 13.1. The average Bonchev–Trinajstić information content (AvgIpc) is 2.84. The van der Waals surface area contributed by atoms with Crippen molar-refractivity contribution < 1.29 is 14.7 Å².